The van der Waals surface area contributed by atoms with Crippen LogP contribution in [0, 0.1) is 0 Å². The van der Waals surface area contributed by atoms with Crippen molar-refractivity contribution < 1.29 is 4.74 Å². The summed E-state index contributed by atoms with van der Waals surface area (Å²) in [6.45, 7) is 5.06. The number of piperazine rings is 1. The number of thiophene rings is 1. The first-order chi connectivity index (χ1) is 12.3. The molecule has 1 fully saturated rings. The van der Waals surface area contributed by atoms with E-state index in [1.165, 1.54) is 16.3 Å². The normalized spacial score (nSPS) is 15.5. The van der Waals surface area contributed by atoms with Crippen LogP contribution >= 0.6 is 22.7 Å². The molecule has 6 heteroatoms. The summed E-state index contributed by atoms with van der Waals surface area (Å²) in [5, 5.41) is 5.44. The van der Waals surface area contributed by atoms with E-state index in [1.54, 1.807) is 29.8 Å². The molecule has 3 heterocycles. The van der Waals surface area contributed by atoms with E-state index in [0.717, 1.165) is 43.5 Å². The molecular weight excluding hydrogens is 350 g/mol. The fraction of sp³-hybridized carbons (Fsp3) is 0.316. The zero-order chi connectivity index (χ0) is 17.1. The number of nitrogens with zero attached hydrogens (tertiary/aromatic N) is 3. The van der Waals surface area contributed by atoms with E-state index < -0.39 is 0 Å². The van der Waals surface area contributed by atoms with Crippen LogP contribution in [0.25, 0.3) is 9.88 Å². The van der Waals surface area contributed by atoms with Crippen LogP contribution < -0.4 is 9.64 Å². The average molecular weight is 372 g/mol. The molecule has 25 heavy (non-hydrogen) atoms. The summed E-state index contributed by atoms with van der Waals surface area (Å²) < 4.78 is 5.50. The molecule has 3 aromatic rings. The van der Waals surface area contributed by atoms with Gasteiger partial charge in [-0.3, -0.25) is 4.90 Å². The zero-order valence-electron chi connectivity index (χ0n) is 14.2. The molecule has 4 rings (SSSR count). The van der Waals surface area contributed by atoms with Crippen molar-refractivity contribution in [3.63, 3.8) is 0 Å². The highest BCUT2D eigenvalue weighted by Gasteiger charge is 2.20. The highest BCUT2D eigenvalue weighted by Crippen LogP contribution is 2.30. The minimum Gasteiger partial charge on any atom is -0.495 e. The summed E-state index contributed by atoms with van der Waals surface area (Å²) in [7, 11) is 1.74. The monoisotopic (exact) mass is 371 g/mol. The summed E-state index contributed by atoms with van der Waals surface area (Å²) in [5.74, 6) is 0.955. The molecule has 1 saturated heterocycles. The van der Waals surface area contributed by atoms with Gasteiger partial charge in [0.05, 0.1) is 23.4 Å². The van der Waals surface area contributed by atoms with Crippen molar-refractivity contribution >= 4 is 28.4 Å². The van der Waals surface area contributed by atoms with Gasteiger partial charge in [-0.05, 0) is 23.6 Å². The first kappa shape index (κ1) is 16.6. The number of hydrogen-bond donors (Lipinski definition) is 0. The third-order valence-electron chi connectivity index (χ3n) is 4.47. The summed E-state index contributed by atoms with van der Waals surface area (Å²) in [6, 6.07) is 12.5. The van der Waals surface area contributed by atoms with Crippen molar-refractivity contribution in [3.8, 4) is 15.6 Å². The maximum Gasteiger partial charge on any atom is 0.142 e. The Labute approximate surface area is 156 Å². The van der Waals surface area contributed by atoms with Gasteiger partial charge in [-0.25, -0.2) is 4.98 Å². The lowest BCUT2D eigenvalue weighted by Crippen LogP contribution is -2.46. The van der Waals surface area contributed by atoms with E-state index in [1.807, 2.05) is 12.1 Å². The van der Waals surface area contributed by atoms with Crippen LogP contribution in [0.15, 0.2) is 47.2 Å². The van der Waals surface area contributed by atoms with Crippen molar-refractivity contribution in [2.75, 3.05) is 38.2 Å². The number of rotatable bonds is 5. The van der Waals surface area contributed by atoms with Crippen LogP contribution in [0.2, 0.25) is 0 Å². The maximum absolute atomic E-state index is 5.50. The number of methoxy groups -OCH3 is 1. The summed E-state index contributed by atoms with van der Waals surface area (Å²) in [5.41, 5.74) is 2.37. The lowest BCUT2D eigenvalue weighted by molar-refractivity contribution is 0.247. The van der Waals surface area contributed by atoms with Gasteiger partial charge in [0.1, 0.15) is 10.8 Å². The van der Waals surface area contributed by atoms with Crippen molar-refractivity contribution in [2.24, 2.45) is 0 Å². The number of anilines is 1. The number of para-hydroxylation sites is 2. The fourth-order valence-electron chi connectivity index (χ4n) is 3.16. The van der Waals surface area contributed by atoms with Crippen molar-refractivity contribution in [1.82, 2.24) is 9.88 Å². The number of hydrogen-bond acceptors (Lipinski definition) is 6. The zero-order valence-corrected chi connectivity index (χ0v) is 15.9. The highest BCUT2D eigenvalue weighted by molar-refractivity contribution is 7.20. The van der Waals surface area contributed by atoms with Gasteiger partial charge in [0.2, 0.25) is 0 Å². The van der Waals surface area contributed by atoms with Crippen LogP contribution in [0.4, 0.5) is 5.69 Å². The molecule has 0 atom stereocenters. The topological polar surface area (TPSA) is 28.6 Å². The Hall–Kier alpha value is -1.89. The Balaban J connectivity index is 1.36. The van der Waals surface area contributed by atoms with Gasteiger partial charge in [0.15, 0.2) is 0 Å². The third-order valence-corrected chi connectivity index (χ3v) is 6.40. The van der Waals surface area contributed by atoms with E-state index in [9.17, 15) is 0 Å². The smallest absolute Gasteiger partial charge is 0.142 e. The molecule has 0 aliphatic carbocycles. The van der Waals surface area contributed by atoms with Crippen molar-refractivity contribution in [2.45, 2.75) is 6.54 Å². The van der Waals surface area contributed by atoms with Gasteiger partial charge >= 0.3 is 0 Å². The van der Waals surface area contributed by atoms with E-state index in [4.69, 9.17) is 9.72 Å². The Kier molecular flexibility index (Phi) is 5.01. The fourth-order valence-corrected chi connectivity index (χ4v) is 4.79. The molecule has 0 unspecified atom stereocenters. The predicted octanol–water partition coefficient (Wildman–Crippen LogP) is 4.20. The second kappa shape index (κ2) is 7.56. The van der Waals surface area contributed by atoms with E-state index in [2.05, 4.69) is 44.8 Å². The van der Waals surface area contributed by atoms with Crippen LogP contribution in [0.3, 0.4) is 0 Å². The summed E-state index contributed by atoms with van der Waals surface area (Å²) >= 11 is 3.50. The van der Waals surface area contributed by atoms with Gasteiger partial charge in [0.25, 0.3) is 0 Å². The quantitative estimate of drug-likeness (QED) is 0.672. The molecule has 0 radical (unpaired) electrons. The predicted molar refractivity (Wildman–Crippen MR) is 106 cm³/mol. The lowest BCUT2D eigenvalue weighted by Gasteiger charge is -2.36. The largest absolute Gasteiger partial charge is 0.495 e. The second-order valence-electron chi connectivity index (χ2n) is 6.06. The molecule has 1 aromatic carbocycles. The molecule has 0 amide bonds. The van der Waals surface area contributed by atoms with Crippen LogP contribution in [-0.2, 0) is 6.54 Å². The molecule has 0 N–H and O–H groups in total. The minimum atomic E-state index is 0.932. The van der Waals surface area contributed by atoms with Crippen LogP contribution in [-0.4, -0.2) is 43.2 Å². The standard InChI is InChI=1S/C19H21N3OS2/c1-23-17-6-3-2-5-16(17)22-10-8-21(9-11-22)13-15-14-25-19(20-15)18-7-4-12-24-18/h2-7,12,14H,8-11,13H2,1H3. The molecule has 130 valence electrons. The van der Waals surface area contributed by atoms with Gasteiger partial charge in [0, 0.05) is 38.1 Å². The van der Waals surface area contributed by atoms with Gasteiger partial charge < -0.3 is 9.64 Å². The first-order valence-corrected chi connectivity index (χ1v) is 10.2. The number of aromatic nitrogens is 1. The number of ether oxygens (including phenoxy) is 1. The molecule has 0 bridgehead atoms. The molecular formula is C19H21N3OS2. The molecule has 0 spiro atoms. The average Bonchev–Trinajstić information content (AvgIpc) is 3.34. The SMILES string of the molecule is COc1ccccc1N1CCN(Cc2csc(-c3cccs3)n2)CC1. The number of thiazole rings is 1. The second-order valence-corrected chi connectivity index (χ2v) is 7.86. The highest BCUT2D eigenvalue weighted by atomic mass is 32.1. The van der Waals surface area contributed by atoms with E-state index >= 15 is 0 Å². The molecule has 1 aliphatic rings. The van der Waals surface area contributed by atoms with Gasteiger partial charge in [-0.1, -0.05) is 18.2 Å². The van der Waals surface area contributed by atoms with E-state index in [-0.39, 0.29) is 0 Å². The third kappa shape index (κ3) is 3.71. The Morgan fingerprint density at radius 3 is 2.64 bits per heavy atom. The Morgan fingerprint density at radius 2 is 1.88 bits per heavy atom. The van der Waals surface area contributed by atoms with Gasteiger partial charge in [-0.2, -0.15) is 0 Å². The molecule has 0 saturated carbocycles. The van der Waals surface area contributed by atoms with Crippen LogP contribution in [0.5, 0.6) is 5.75 Å². The minimum absolute atomic E-state index is 0.932. The lowest BCUT2D eigenvalue weighted by atomic mass is 10.2. The van der Waals surface area contributed by atoms with Crippen LogP contribution in [0.1, 0.15) is 5.69 Å². The maximum atomic E-state index is 5.50. The molecule has 2 aromatic heterocycles. The molecule has 1 aliphatic heterocycles. The van der Waals surface area contributed by atoms with Gasteiger partial charge in [-0.15, -0.1) is 22.7 Å². The van der Waals surface area contributed by atoms with Crippen molar-refractivity contribution in [1.29, 1.82) is 0 Å². The van der Waals surface area contributed by atoms with E-state index in [0.29, 0.717) is 0 Å². The Morgan fingerprint density at radius 1 is 1.04 bits per heavy atom. The number of benzene rings is 1. The molecule has 4 nitrogen and oxygen atoms in total. The Bertz CT molecular complexity index is 808. The summed E-state index contributed by atoms with van der Waals surface area (Å²) in [4.78, 5) is 11.0. The van der Waals surface area contributed by atoms with Crippen molar-refractivity contribution in [3.05, 3.63) is 52.9 Å². The first-order valence-electron chi connectivity index (χ1n) is 8.42. The summed E-state index contributed by atoms with van der Waals surface area (Å²) in [6.07, 6.45) is 0.